The second kappa shape index (κ2) is 6.54. The van der Waals surface area contributed by atoms with E-state index >= 15 is 0 Å². The minimum atomic E-state index is -4.47. The van der Waals surface area contributed by atoms with E-state index in [-0.39, 0.29) is 17.4 Å². The molecule has 27 heavy (non-hydrogen) atoms. The highest BCUT2D eigenvalue weighted by atomic mass is 19.4. The molecule has 0 unspecified atom stereocenters. The predicted octanol–water partition coefficient (Wildman–Crippen LogP) is 3.54. The van der Waals surface area contributed by atoms with E-state index in [1.165, 1.54) is 37.7 Å². The van der Waals surface area contributed by atoms with Crippen LogP contribution in [0.4, 0.5) is 18.0 Å². The average Bonchev–Trinajstić information content (AvgIpc) is 3.07. The lowest BCUT2D eigenvalue weighted by atomic mass is 9.54. The molecule has 1 aromatic carbocycles. The molecule has 2 aliphatic rings. The summed E-state index contributed by atoms with van der Waals surface area (Å²) < 4.78 is 39.1. The van der Waals surface area contributed by atoms with Gasteiger partial charge in [-0.3, -0.25) is 5.10 Å². The van der Waals surface area contributed by atoms with Gasteiger partial charge in [-0.15, -0.1) is 0 Å². The number of hydrogen-bond donors (Lipinski definition) is 3. The van der Waals surface area contributed by atoms with Crippen molar-refractivity contribution >= 4 is 6.03 Å². The number of urea groups is 1. The van der Waals surface area contributed by atoms with E-state index in [2.05, 4.69) is 25.8 Å². The first-order valence-electron chi connectivity index (χ1n) is 8.95. The summed E-state index contributed by atoms with van der Waals surface area (Å²) in [5.74, 6) is 0.202. The number of carbonyl (C=O) groups excluding carboxylic acids is 1. The fourth-order valence-electron chi connectivity index (χ4n) is 4.08. The molecule has 1 atom stereocenters. The molecular weight excluding hydrogens is 359 g/mol. The summed E-state index contributed by atoms with van der Waals surface area (Å²) in [6.45, 7) is 0. The highest BCUT2D eigenvalue weighted by molar-refractivity contribution is 5.75. The summed E-state index contributed by atoms with van der Waals surface area (Å²) in [5, 5.41) is 12.1. The third kappa shape index (κ3) is 3.63. The number of hydrogen-bond acceptors (Lipinski definition) is 3. The Balaban J connectivity index is 1.48. The van der Waals surface area contributed by atoms with Gasteiger partial charge in [0.1, 0.15) is 12.4 Å². The molecule has 9 heteroatoms. The van der Waals surface area contributed by atoms with Gasteiger partial charge >= 0.3 is 12.2 Å². The lowest BCUT2D eigenvalue weighted by molar-refractivity contribution is -0.137. The topological polar surface area (TPSA) is 82.7 Å². The van der Waals surface area contributed by atoms with Gasteiger partial charge in [0.15, 0.2) is 5.82 Å². The van der Waals surface area contributed by atoms with Gasteiger partial charge < -0.3 is 10.6 Å². The Kier molecular flexibility index (Phi) is 4.32. The number of aromatic amines is 1. The normalized spacial score (nSPS) is 19.8. The average molecular weight is 379 g/mol. The largest absolute Gasteiger partial charge is 0.416 e. The Bertz CT molecular complexity index is 809. The summed E-state index contributed by atoms with van der Waals surface area (Å²) in [6.07, 6.45) is 2.48. The smallest absolute Gasteiger partial charge is 0.335 e. The molecule has 2 fully saturated rings. The Labute approximate surface area is 154 Å². The molecule has 0 bridgehead atoms. The number of alkyl halides is 3. The number of aromatic nitrogens is 3. The first-order valence-corrected chi connectivity index (χ1v) is 8.95. The van der Waals surface area contributed by atoms with Crippen molar-refractivity contribution in [2.24, 2.45) is 5.41 Å². The number of benzene rings is 1. The Morgan fingerprint density at radius 2 is 2.07 bits per heavy atom. The third-order valence-electron chi connectivity index (χ3n) is 5.62. The number of carbonyl (C=O) groups is 1. The summed E-state index contributed by atoms with van der Waals surface area (Å²) in [5.41, 5.74) is -0.0976. The van der Waals surface area contributed by atoms with Crippen molar-refractivity contribution < 1.29 is 18.0 Å². The molecule has 0 aliphatic heterocycles. The van der Waals surface area contributed by atoms with E-state index in [0.717, 1.165) is 25.0 Å². The van der Waals surface area contributed by atoms with E-state index in [9.17, 15) is 18.0 Å². The lowest BCUT2D eigenvalue weighted by Crippen LogP contribution is -2.55. The van der Waals surface area contributed by atoms with Gasteiger partial charge in [-0.25, -0.2) is 9.78 Å². The van der Waals surface area contributed by atoms with Crippen LogP contribution < -0.4 is 10.6 Å². The molecule has 3 N–H and O–H groups in total. The second-order valence-electron chi connectivity index (χ2n) is 7.49. The van der Waals surface area contributed by atoms with Crippen LogP contribution in [0.1, 0.15) is 55.1 Å². The predicted molar refractivity (Wildman–Crippen MR) is 90.6 cm³/mol. The zero-order chi connectivity index (χ0) is 19.1. The quantitative estimate of drug-likeness (QED) is 0.760. The first-order chi connectivity index (χ1) is 12.8. The fraction of sp³-hybridized carbons (Fsp3) is 0.500. The lowest BCUT2D eigenvalue weighted by Gasteiger charge is -2.54. The van der Waals surface area contributed by atoms with Gasteiger partial charge in [-0.05, 0) is 48.8 Å². The standard InChI is InChI=1S/C18H20F3N5O/c19-18(20,21)12-4-1-3-11(7-12)14(15-22-10-23-26-15)25-16(27)24-13-8-17(9-13)5-2-6-17/h1,3-4,7,10,13-14H,2,5-6,8-9H2,(H,22,23,26)(H2,24,25,27)/t14-/m0/s1. The highest BCUT2D eigenvalue weighted by Crippen LogP contribution is 2.55. The molecule has 2 aromatic rings. The van der Waals surface area contributed by atoms with Crippen molar-refractivity contribution in [2.75, 3.05) is 0 Å². The maximum atomic E-state index is 13.0. The molecule has 2 aliphatic carbocycles. The maximum absolute atomic E-state index is 13.0. The van der Waals surface area contributed by atoms with Crippen molar-refractivity contribution in [3.63, 3.8) is 0 Å². The number of nitrogens with one attached hydrogen (secondary N) is 3. The Morgan fingerprint density at radius 1 is 1.30 bits per heavy atom. The molecule has 0 radical (unpaired) electrons. The molecule has 1 aromatic heterocycles. The van der Waals surface area contributed by atoms with Gasteiger partial charge in [-0.1, -0.05) is 18.6 Å². The van der Waals surface area contributed by atoms with Gasteiger partial charge in [0.2, 0.25) is 0 Å². The van der Waals surface area contributed by atoms with Crippen molar-refractivity contribution in [1.29, 1.82) is 0 Å². The number of nitrogens with zero attached hydrogens (tertiary/aromatic N) is 2. The SMILES string of the molecule is O=C(NC1CC2(CCC2)C1)N[C@@H](c1cccc(C(F)(F)F)c1)c1nc[nH]n1. The summed E-state index contributed by atoms with van der Waals surface area (Å²) in [6, 6.07) is 3.63. The second-order valence-corrected chi connectivity index (χ2v) is 7.49. The number of H-pyrrole nitrogens is 1. The Morgan fingerprint density at radius 3 is 2.67 bits per heavy atom. The van der Waals surface area contributed by atoms with Gasteiger partial charge in [0.05, 0.1) is 5.56 Å². The molecule has 2 saturated carbocycles. The minimum Gasteiger partial charge on any atom is -0.335 e. The zero-order valence-corrected chi connectivity index (χ0v) is 14.5. The van der Waals surface area contributed by atoms with Crippen LogP contribution in [0.15, 0.2) is 30.6 Å². The van der Waals surface area contributed by atoms with E-state index in [1.807, 2.05) is 0 Å². The molecule has 0 saturated heterocycles. The van der Waals surface area contributed by atoms with Crippen LogP contribution >= 0.6 is 0 Å². The van der Waals surface area contributed by atoms with E-state index < -0.39 is 23.8 Å². The summed E-state index contributed by atoms with van der Waals surface area (Å²) in [4.78, 5) is 16.4. The number of rotatable bonds is 4. The summed E-state index contributed by atoms with van der Waals surface area (Å²) >= 11 is 0. The van der Waals surface area contributed by atoms with Gasteiger partial charge in [-0.2, -0.15) is 18.3 Å². The highest BCUT2D eigenvalue weighted by Gasteiger charge is 2.48. The van der Waals surface area contributed by atoms with E-state index in [0.29, 0.717) is 5.41 Å². The number of amides is 2. The third-order valence-corrected chi connectivity index (χ3v) is 5.62. The van der Waals surface area contributed by atoms with Crippen molar-refractivity contribution in [3.05, 3.63) is 47.5 Å². The molecule has 1 spiro atoms. The first kappa shape index (κ1) is 17.8. The maximum Gasteiger partial charge on any atom is 0.416 e. The monoisotopic (exact) mass is 379 g/mol. The molecule has 4 rings (SSSR count). The van der Waals surface area contributed by atoms with Crippen molar-refractivity contribution in [3.8, 4) is 0 Å². The van der Waals surface area contributed by atoms with E-state index in [1.54, 1.807) is 0 Å². The van der Waals surface area contributed by atoms with Crippen LogP contribution in [0.5, 0.6) is 0 Å². The molecule has 144 valence electrons. The van der Waals surface area contributed by atoms with Crippen LogP contribution in [0.2, 0.25) is 0 Å². The summed E-state index contributed by atoms with van der Waals surface area (Å²) in [7, 11) is 0. The minimum absolute atomic E-state index is 0.111. The molecule has 6 nitrogen and oxygen atoms in total. The molecule has 2 amide bonds. The van der Waals surface area contributed by atoms with Crippen LogP contribution in [-0.2, 0) is 6.18 Å². The zero-order valence-electron chi connectivity index (χ0n) is 14.5. The van der Waals surface area contributed by atoms with Crippen LogP contribution in [-0.4, -0.2) is 27.3 Å². The van der Waals surface area contributed by atoms with Gasteiger partial charge in [0.25, 0.3) is 0 Å². The Hall–Kier alpha value is -2.58. The fourth-order valence-corrected chi connectivity index (χ4v) is 4.08. The van der Waals surface area contributed by atoms with Crippen LogP contribution in [0.25, 0.3) is 0 Å². The molecular formula is C18H20F3N5O. The van der Waals surface area contributed by atoms with E-state index in [4.69, 9.17) is 0 Å². The van der Waals surface area contributed by atoms with Crippen molar-refractivity contribution in [2.45, 2.75) is 50.4 Å². The molecule has 1 heterocycles. The van der Waals surface area contributed by atoms with Crippen LogP contribution in [0, 0.1) is 5.41 Å². The van der Waals surface area contributed by atoms with Gasteiger partial charge in [0, 0.05) is 6.04 Å². The van der Waals surface area contributed by atoms with Crippen LogP contribution in [0.3, 0.4) is 0 Å². The van der Waals surface area contributed by atoms with Crippen molar-refractivity contribution in [1.82, 2.24) is 25.8 Å². The number of halogens is 3.